The van der Waals surface area contributed by atoms with Gasteiger partial charge in [0.2, 0.25) is 5.91 Å². The summed E-state index contributed by atoms with van der Waals surface area (Å²) in [7, 11) is 0. The molecular weight excluding hydrogens is 250 g/mol. The largest absolute Gasteiger partial charge is 0.388 e. The molecule has 0 heterocycles. The first-order valence-electron chi connectivity index (χ1n) is 7.33. The highest BCUT2D eigenvalue weighted by atomic mass is 16.3. The zero-order valence-corrected chi connectivity index (χ0v) is 12.9. The molecule has 20 heavy (non-hydrogen) atoms. The van der Waals surface area contributed by atoms with Crippen LogP contribution in [0.25, 0.3) is 0 Å². The molecule has 0 atom stereocenters. The van der Waals surface area contributed by atoms with E-state index in [1.807, 2.05) is 19.9 Å². The summed E-state index contributed by atoms with van der Waals surface area (Å²) < 4.78 is 0. The molecule has 0 bridgehead atoms. The van der Waals surface area contributed by atoms with Gasteiger partial charge in [-0.15, -0.1) is 0 Å². The lowest BCUT2D eigenvalue weighted by molar-refractivity contribution is -0.125. The number of aliphatic hydroxyl groups is 1. The summed E-state index contributed by atoms with van der Waals surface area (Å²) in [5.74, 6) is -0.0462. The van der Waals surface area contributed by atoms with Crippen LogP contribution in [0.4, 0.5) is 0 Å². The molecule has 110 valence electrons. The van der Waals surface area contributed by atoms with Crippen molar-refractivity contribution in [2.45, 2.75) is 64.5 Å². The van der Waals surface area contributed by atoms with E-state index in [0.717, 1.165) is 18.4 Å². The van der Waals surface area contributed by atoms with Crippen LogP contribution in [0.3, 0.4) is 0 Å². The Morgan fingerprint density at radius 1 is 1.20 bits per heavy atom. The van der Waals surface area contributed by atoms with Gasteiger partial charge in [-0.05, 0) is 63.6 Å². The molecule has 0 saturated carbocycles. The smallest absolute Gasteiger partial charge is 0.224 e. The molecule has 1 aromatic rings. The van der Waals surface area contributed by atoms with Crippen LogP contribution < -0.4 is 5.32 Å². The molecule has 0 aromatic heterocycles. The van der Waals surface area contributed by atoms with E-state index >= 15 is 0 Å². The molecule has 0 aliphatic heterocycles. The van der Waals surface area contributed by atoms with Crippen molar-refractivity contribution in [3.05, 3.63) is 34.9 Å². The molecule has 1 aliphatic carbocycles. The van der Waals surface area contributed by atoms with E-state index in [4.69, 9.17) is 0 Å². The van der Waals surface area contributed by atoms with E-state index in [1.54, 1.807) is 13.8 Å². The molecule has 1 aliphatic rings. The predicted octanol–water partition coefficient (Wildman–Crippen LogP) is 2.38. The summed E-state index contributed by atoms with van der Waals surface area (Å²) in [5, 5.41) is 13.0. The molecule has 0 fully saturated rings. The molecule has 1 amide bonds. The molecule has 1 aromatic carbocycles. The highest BCUT2D eigenvalue weighted by Gasteiger charge is 2.36. The summed E-state index contributed by atoms with van der Waals surface area (Å²) in [6, 6.07) is 6.34. The Balaban J connectivity index is 2.02. The highest BCUT2D eigenvalue weighted by Crippen LogP contribution is 2.24. The van der Waals surface area contributed by atoms with Gasteiger partial charge in [0.15, 0.2) is 0 Å². The van der Waals surface area contributed by atoms with Gasteiger partial charge in [-0.2, -0.15) is 0 Å². The van der Waals surface area contributed by atoms with Gasteiger partial charge in [0.05, 0.1) is 17.6 Å². The third-order valence-electron chi connectivity index (χ3n) is 4.51. The molecule has 0 unspecified atom stereocenters. The first-order chi connectivity index (χ1) is 9.19. The van der Waals surface area contributed by atoms with Crippen LogP contribution in [0.5, 0.6) is 0 Å². The van der Waals surface area contributed by atoms with Crippen LogP contribution in [0.15, 0.2) is 18.2 Å². The van der Waals surface area contributed by atoms with Crippen LogP contribution in [-0.4, -0.2) is 22.2 Å². The lowest BCUT2D eigenvalue weighted by atomic mass is 9.86. The summed E-state index contributed by atoms with van der Waals surface area (Å²) >= 11 is 0. The summed E-state index contributed by atoms with van der Waals surface area (Å²) in [4.78, 5) is 12.2. The monoisotopic (exact) mass is 275 g/mol. The Bertz CT molecular complexity index is 512. The third kappa shape index (κ3) is 3.21. The van der Waals surface area contributed by atoms with Gasteiger partial charge in [0.25, 0.3) is 0 Å². The fourth-order valence-corrected chi connectivity index (χ4v) is 2.47. The van der Waals surface area contributed by atoms with Crippen molar-refractivity contribution in [2.75, 3.05) is 0 Å². The normalized spacial score (nSPS) is 15.1. The van der Waals surface area contributed by atoms with E-state index in [2.05, 4.69) is 17.4 Å². The van der Waals surface area contributed by atoms with Gasteiger partial charge in [-0.25, -0.2) is 0 Å². The molecule has 2 rings (SSSR count). The minimum absolute atomic E-state index is 0.0462. The summed E-state index contributed by atoms with van der Waals surface area (Å²) in [6.45, 7) is 7.10. The lowest BCUT2D eigenvalue weighted by Gasteiger charge is -2.38. The molecule has 3 nitrogen and oxygen atoms in total. The summed E-state index contributed by atoms with van der Waals surface area (Å²) in [5.41, 5.74) is 2.25. The Morgan fingerprint density at radius 3 is 2.50 bits per heavy atom. The first-order valence-corrected chi connectivity index (χ1v) is 7.33. The topological polar surface area (TPSA) is 49.3 Å². The van der Waals surface area contributed by atoms with E-state index < -0.39 is 11.1 Å². The number of hydrogen-bond donors (Lipinski definition) is 2. The van der Waals surface area contributed by atoms with Gasteiger partial charge in [0.1, 0.15) is 0 Å². The average molecular weight is 275 g/mol. The zero-order chi connectivity index (χ0) is 15.0. The van der Waals surface area contributed by atoms with Gasteiger partial charge in [-0.1, -0.05) is 18.2 Å². The Hall–Kier alpha value is -1.35. The van der Waals surface area contributed by atoms with E-state index in [0.29, 0.717) is 6.42 Å². The number of amides is 1. The van der Waals surface area contributed by atoms with Gasteiger partial charge < -0.3 is 10.4 Å². The van der Waals surface area contributed by atoms with Crippen molar-refractivity contribution in [3.63, 3.8) is 0 Å². The Labute approximate surface area is 121 Å². The zero-order valence-electron chi connectivity index (χ0n) is 12.9. The number of rotatable bonds is 4. The van der Waals surface area contributed by atoms with Crippen molar-refractivity contribution in [2.24, 2.45) is 0 Å². The predicted molar refractivity (Wildman–Crippen MR) is 80.7 cm³/mol. The SMILES string of the molecule is CC(C)(O)C(C)(C)NC(=O)Cc1ccc2c(c1)CCC2. The second-order valence-electron chi connectivity index (χ2n) is 6.87. The molecule has 0 spiro atoms. The lowest BCUT2D eigenvalue weighted by Crippen LogP contribution is -2.58. The first kappa shape index (κ1) is 15.0. The number of benzene rings is 1. The van der Waals surface area contributed by atoms with E-state index in [1.165, 1.54) is 17.5 Å². The van der Waals surface area contributed by atoms with E-state index in [9.17, 15) is 9.90 Å². The Kier molecular flexibility index (Phi) is 3.92. The number of nitrogens with one attached hydrogen (secondary N) is 1. The van der Waals surface area contributed by atoms with Gasteiger partial charge >= 0.3 is 0 Å². The summed E-state index contributed by atoms with van der Waals surface area (Å²) in [6.07, 6.45) is 3.87. The van der Waals surface area contributed by atoms with Crippen molar-refractivity contribution in [1.82, 2.24) is 5.32 Å². The number of hydrogen-bond acceptors (Lipinski definition) is 2. The maximum atomic E-state index is 12.2. The minimum atomic E-state index is -0.958. The molecular formula is C17H25NO2. The highest BCUT2D eigenvalue weighted by molar-refractivity contribution is 5.79. The van der Waals surface area contributed by atoms with Gasteiger partial charge in [0, 0.05) is 0 Å². The van der Waals surface area contributed by atoms with E-state index in [-0.39, 0.29) is 5.91 Å². The van der Waals surface area contributed by atoms with Crippen molar-refractivity contribution in [1.29, 1.82) is 0 Å². The quantitative estimate of drug-likeness (QED) is 0.886. The van der Waals surface area contributed by atoms with Crippen molar-refractivity contribution in [3.8, 4) is 0 Å². The van der Waals surface area contributed by atoms with Crippen molar-refractivity contribution < 1.29 is 9.90 Å². The Morgan fingerprint density at radius 2 is 1.85 bits per heavy atom. The second-order valence-corrected chi connectivity index (χ2v) is 6.87. The maximum Gasteiger partial charge on any atom is 0.224 e. The fourth-order valence-electron chi connectivity index (χ4n) is 2.47. The third-order valence-corrected chi connectivity index (χ3v) is 4.51. The number of carbonyl (C=O) groups is 1. The van der Waals surface area contributed by atoms with Crippen LogP contribution in [0.2, 0.25) is 0 Å². The molecule has 0 radical (unpaired) electrons. The molecule has 0 saturated heterocycles. The van der Waals surface area contributed by atoms with Gasteiger partial charge in [-0.3, -0.25) is 4.79 Å². The van der Waals surface area contributed by atoms with Crippen molar-refractivity contribution >= 4 is 5.91 Å². The number of carbonyl (C=O) groups excluding carboxylic acids is 1. The second kappa shape index (κ2) is 5.21. The number of aryl methyl sites for hydroxylation is 2. The van der Waals surface area contributed by atoms with Crippen LogP contribution in [0, 0.1) is 0 Å². The molecule has 3 heteroatoms. The molecule has 2 N–H and O–H groups in total. The van der Waals surface area contributed by atoms with Crippen LogP contribution in [-0.2, 0) is 24.1 Å². The fraction of sp³-hybridized carbons (Fsp3) is 0.588. The van der Waals surface area contributed by atoms with Crippen LogP contribution in [0.1, 0.15) is 50.8 Å². The average Bonchev–Trinajstić information content (AvgIpc) is 2.73. The maximum absolute atomic E-state index is 12.2. The number of fused-ring (bicyclic) bond motifs is 1. The standard InChI is InChI=1S/C17H25NO2/c1-16(2,17(3,4)20)18-15(19)11-12-8-9-13-6-5-7-14(13)10-12/h8-10,20H,5-7,11H2,1-4H3,(H,18,19). The minimum Gasteiger partial charge on any atom is -0.388 e. The van der Waals surface area contributed by atoms with Crippen LogP contribution >= 0.6 is 0 Å².